The van der Waals surface area contributed by atoms with Crippen molar-refractivity contribution >= 4 is 33.2 Å². The Morgan fingerprint density at radius 3 is 2.20 bits per heavy atom. The van der Waals surface area contributed by atoms with Gasteiger partial charge in [-0.15, -0.1) is 0 Å². The first-order chi connectivity index (χ1) is 16.6. The summed E-state index contributed by atoms with van der Waals surface area (Å²) in [6.07, 6.45) is 0. The highest BCUT2D eigenvalue weighted by molar-refractivity contribution is 7.92. The fourth-order valence-corrected chi connectivity index (χ4v) is 4.68. The van der Waals surface area contributed by atoms with Crippen molar-refractivity contribution in [1.82, 2.24) is 5.32 Å². The topological polar surface area (TPSA) is 95.6 Å². The second-order valence-corrected chi connectivity index (χ2v) is 10.4. The van der Waals surface area contributed by atoms with E-state index in [2.05, 4.69) is 10.6 Å². The van der Waals surface area contributed by atoms with Crippen molar-refractivity contribution in [3.63, 3.8) is 0 Å². The number of sulfonamides is 1. The summed E-state index contributed by atoms with van der Waals surface area (Å²) in [5, 5.41) is 5.45. The Bertz CT molecular complexity index is 1290. The molecule has 0 unspecified atom stereocenters. The van der Waals surface area contributed by atoms with Crippen LogP contribution >= 0.6 is 0 Å². The second-order valence-electron chi connectivity index (χ2n) is 8.50. The number of para-hydroxylation sites is 1. The summed E-state index contributed by atoms with van der Waals surface area (Å²) in [4.78, 5) is 25.6. The van der Waals surface area contributed by atoms with Crippen LogP contribution in [0.5, 0.6) is 0 Å². The molecule has 0 aromatic heterocycles. The first-order valence-electron chi connectivity index (χ1n) is 11.1. The number of benzene rings is 3. The number of carbonyl (C=O) groups excluding carboxylic acids is 2. The lowest BCUT2D eigenvalue weighted by molar-refractivity contribution is -0.114. The molecule has 3 aromatic rings. The molecule has 0 aliphatic carbocycles. The lowest BCUT2D eigenvalue weighted by Gasteiger charge is -2.24. The van der Waals surface area contributed by atoms with Crippen LogP contribution < -0.4 is 14.9 Å². The Kier molecular flexibility index (Phi) is 8.24. The van der Waals surface area contributed by atoms with E-state index in [0.29, 0.717) is 6.54 Å². The first-order valence-corrected chi connectivity index (χ1v) is 12.5. The van der Waals surface area contributed by atoms with Crippen LogP contribution in [0.2, 0.25) is 0 Å². The molecule has 7 nitrogen and oxygen atoms in total. The molecule has 3 aromatic carbocycles. The lowest BCUT2D eigenvalue weighted by Crippen LogP contribution is -2.38. The van der Waals surface area contributed by atoms with Gasteiger partial charge in [-0.1, -0.05) is 43.7 Å². The normalized spacial score (nSPS) is 11.2. The standard InChI is InChI=1S/C26H28FN3O4S/c1-18(2)16-28-26(32)23-6-4-5-7-24(23)29-25(31)17-30(21-12-10-20(27)11-13-21)35(33,34)22-14-8-19(3)9-15-22/h4-15,18H,16-17H2,1-3H3,(H,28,32)(H,29,31). The third-order valence-electron chi connectivity index (χ3n) is 5.13. The van der Waals surface area contributed by atoms with Crippen molar-refractivity contribution in [2.45, 2.75) is 25.7 Å². The van der Waals surface area contributed by atoms with Crippen molar-refractivity contribution in [2.75, 3.05) is 22.7 Å². The minimum atomic E-state index is -4.14. The first kappa shape index (κ1) is 25.9. The largest absolute Gasteiger partial charge is 0.352 e. The number of amides is 2. The van der Waals surface area contributed by atoms with Gasteiger partial charge in [-0.25, -0.2) is 12.8 Å². The molecule has 184 valence electrons. The molecule has 35 heavy (non-hydrogen) atoms. The van der Waals surface area contributed by atoms with E-state index in [0.717, 1.165) is 22.0 Å². The van der Waals surface area contributed by atoms with Gasteiger partial charge in [-0.3, -0.25) is 13.9 Å². The summed E-state index contributed by atoms with van der Waals surface area (Å²) in [6.45, 7) is 5.65. The maximum atomic E-state index is 13.5. The Morgan fingerprint density at radius 2 is 1.57 bits per heavy atom. The van der Waals surface area contributed by atoms with Crippen molar-refractivity contribution in [2.24, 2.45) is 5.92 Å². The van der Waals surface area contributed by atoms with Crippen LogP contribution in [-0.4, -0.2) is 33.3 Å². The summed E-state index contributed by atoms with van der Waals surface area (Å²) >= 11 is 0. The summed E-state index contributed by atoms with van der Waals surface area (Å²) in [5.74, 6) is -1.30. The van der Waals surface area contributed by atoms with Gasteiger partial charge < -0.3 is 10.6 Å². The summed E-state index contributed by atoms with van der Waals surface area (Å²) in [5.41, 5.74) is 1.52. The molecule has 0 bridgehead atoms. The van der Waals surface area contributed by atoms with Crippen LogP contribution in [0, 0.1) is 18.7 Å². The van der Waals surface area contributed by atoms with E-state index in [1.54, 1.807) is 36.4 Å². The van der Waals surface area contributed by atoms with E-state index in [9.17, 15) is 22.4 Å². The van der Waals surface area contributed by atoms with Crippen LogP contribution in [0.4, 0.5) is 15.8 Å². The number of anilines is 2. The zero-order chi connectivity index (χ0) is 25.6. The molecule has 3 rings (SSSR count). The molecular weight excluding hydrogens is 469 g/mol. The Morgan fingerprint density at radius 1 is 0.943 bits per heavy atom. The number of rotatable bonds is 9. The monoisotopic (exact) mass is 497 g/mol. The predicted octanol–water partition coefficient (Wildman–Crippen LogP) is 4.35. The van der Waals surface area contributed by atoms with Gasteiger partial charge >= 0.3 is 0 Å². The highest BCUT2D eigenvalue weighted by atomic mass is 32.2. The molecule has 2 amide bonds. The second kappa shape index (κ2) is 11.1. The van der Waals surface area contributed by atoms with Gasteiger partial charge in [-0.2, -0.15) is 0 Å². The molecule has 0 fully saturated rings. The van der Waals surface area contributed by atoms with E-state index >= 15 is 0 Å². The average molecular weight is 498 g/mol. The summed E-state index contributed by atoms with van der Waals surface area (Å²) in [7, 11) is -4.14. The number of halogens is 1. The van der Waals surface area contributed by atoms with Crippen LogP contribution in [0.15, 0.2) is 77.7 Å². The molecular formula is C26H28FN3O4S. The molecule has 9 heteroatoms. The number of aryl methyl sites for hydroxylation is 1. The zero-order valence-corrected chi connectivity index (χ0v) is 20.6. The van der Waals surface area contributed by atoms with E-state index in [4.69, 9.17) is 0 Å². The molecule has 0 saturated carbocycles. The van der Waals surface area contributed by atoms with Gasteiger partial charge in [0.2, 0.25) is 5.91 Å². The summed E-state index contributed by atoms with van der Waals surface area (Å²) in [6, 6.07) is 17.5. The number of nitrogens with one attached hydrogen (secondary N) is 2. The molecule has 0 spiro atoms. The van der Waals surface area contributed by atoms with E-state index in [1.165, 1.54) is 24.3 Å². The molecule has 0 radical (unpaired) electrons. The molecule has 0 atom stereocenters. The van der Waals surface area contributed by atoms with Crippen LogP contribution in [-0.2, 0) is 14.8 Å². The van der Waals surface area contributed by atoms with Crippen LogP contribution in [0.3, 0.4) is 0 Å². The van der Waals surface area contributed by atoms with Crippen LogP contribution in [0.25, 0.3) is 0 Å². The van der Waals surface area contributed by atoms with Gasteiger partial charge in [0, 0.05) is 6.54 Å². The molecule has 0 aliphatic heterocycles. The van der Waals surface area contributed by atoms with E-state index in [1.807, 2.05) is 20.8 Å². The Hall–Kier alpha value is -3.72. The fourth-order valence-electron chi connectivity index (χ4n) is 3.26. The maximum absolute atomic E-state index is 13.5. The SMILES string of the molecule is Cc1ccc(S(=O)(=O)N(CC(=O)Nc2ccccc2C(=O)NCC(C)C)c2ccc(F)cc2)cc1. The van der Waals surface area contributed by atoms with Crippen molar-refractivity contribution in [3.8, 4) is 0 Å². The number of carbonyl (C=O) groups is 2. The van der Waals surface area contributed by atoms with Gasteiger partial charge in [0.25, 0.3) is 15.9 Å². The highest BCUT2D eigenvalue weighted by Gasteiger charge is 2.27. The minimum absolute atomic E-state index is 0.00584. The maximum Gasteiger partial charge on any atom is 0.264 e. The highest BCUT2D eigenvalue weighted by Crippen LogP contribution is 2.25. The lowest BCUT2D eigenvalue weighted by atomic mass is 10.1. The fraction of sp³-hybridized carbons (Fsp3) is 0.231. The Labute approximate surface area is 205 Å². The van der Waals surface area contributed by atoms with Crippen LogP contribution in [0.1, 0.15) is 29.8 Å². The molecule has 0 aliphatic rings. The molecule has 2 N–H and O–H groups in total. The van der Waals surface area contributed by atoms with Gasteiger partial charge in [0.15, 0.2) is 0 Å². The minimum Gasteiger partial charge on any atom is -0.352 e. The van der Waals surface area contributed by atoms with Crippen molar-refractivity contribution in [3.05, 3.63) is 89.7 Å². The van der Waals surface area contributed by atoms with Gasteiger partial charge in [-0.05, 0) is 61.4 Å². The van der Waals surface area contributed by atoms with E-state index < -0.39 is 28.3 Å². The third-order valence-corrected chi connectivity index (χ3v) is 6.92. The number of hydrogen-bond acceptors (Lipinski definition) is 4. The average Bonchev–Trinajstić information content (AvgIpc) is 2.82. The van der Waals surface area contributed by atoms with Crippen molar-refractivity contribution in [1.29, 1.82) is 0 Å². The van der Waals surface area contributed by atoms with E-state index in [-0.39, 0.29) is 33.7 Å². The quantitative estimate of drug-likeness (QED) is 0.459. The van der Waals surface area contributed by atoms with Gasteiger partial charge in [0.1, 0.15) is 12.4 Å². The zero-order valence-electron chi connectivity index (χ0n) is 19.8. The summed E-state index contributed by atoms with van der Waals surface area (Å²) < 4.78 is 41.3. The van der Waals surface area contributed by atoms with Crippen molar-refractivity contribution < 1.29 is 22.4 Å². The number of hydrogen-bond donors (Lipinski definition) is 2. The molecule has 0 heterocycles. The third kappa shape index (κ3) is 6.66. The molecule has 0 saturated heterocycles. The number of nitrogens with zero attached hydrogens (tertiary/aromatic N) is 1. The Balaban J connectivity index is 1.89. The smallest absolute Gasteiger partial charge is 0.264 e. The predicted molar refractivity (Wildman–Crippen MR) is 134 cm³/mol. The van der Waals surface area contributed by atoms with Gasteiger partial charge in [0.05, 0.1) is 21.8 Å².